The van der Waals surface area contributed by atoms with Gasteiger partial charge in [-0.1, -0.05) is 6.07 Å². The topological polar surface area (TPSA) is 28.2 Å². The highest BCUT2D eigenvalue weighted by Gasteiger charge is 2.18. The maximum Gasteiger partial charge on any atom is 0.128 e. The van der Waals surface area contributed by atoms with Crippen molar-refractivity contribution in [2.24, 2.45) is 0 Å². The predicted octanol–water partition coefficient (Wildman–Crippen LogP) is 2.18. The zero-order valence-corrected chi connectivity index (χ0v) is 10.2. The normalized spacial score (nSPS) is 21.1. The van der Waals surface area contributed by atoms with Gasteiger partial charge in [0.2, 0.25) is 0 Å². The molecule has 1 aromatic rings. The molecule has 2 rings (SSSR count). The van der Waals surface area contributed by atoms with E-state index in [1.165, 1.54) is 24.8 Å². The predicted molar refractivity (Wildman–Crippen MR) is 67.7 cm³/mol. The molecule has 16 heavy (non-hydrogen) atoms. The van der Waals surface area contributed by atoms with Gasteiger partial charge < -0.3 is 10.2 Å². The van der Waals surface area contributed by atoms with Gasteiger partial charge in [0.1, 0.15) is 5.82 Å². The molecule has 1 saturated heterocycles. The molecule has 3 heteroatoms. The number of aromatic nitrogens is 1. The average Bonchev–Trinajstić information content (AvgIpc) is 2.31. The lowest BCUT2D eigenvalue weighted by Crippen LogP contribution is -2.37. The number of nitrogens with zero attached hydrogens (tertiary/aromatic N) is 2. The lowest BCUT2D eigenvalue weighted by Gasteiger charge is -2.34. The fraction of sp³-hybridized carbons (Fsp3) is 0.615. The number of pyridine rings is 1. The van der Waals surface area contributed by atoms with Gasteiger partial charge in [0, 0.05) is 25.3 Å². The number of anilines is 1. The molecule has 0 aliphatic carbocycles. The summed E-state index contributed by atoms with van der Waals surface area (Å²) in [5.41, 5.74) is 1.25. The molecule has 0 aromatic carbocycles. The molecule has 1 fully saturated rings. The third kappa shape index (κ3) is 2.53. The fourth-order valence-electron chi connectivity index (χ4n) is 2.33. The molecule has 1 aliphatic heterocycles. The Kier molecular flexibility index (Phi) is 3.78. The smallest absolute Gasteiger partial charge is 0.128 e. The van der Waals surface area contributed by atoms with Crippen LogP contribution in [0, 0.1) is 0 Å². The third-order valence-electron chi connectivity index (χ3n) is 3.29. The fourth-order valence-corrected chi connectivity index (χ4v) is 2.33. The van der Waals surface area contributed by atoms with Crippen LogP contribution < -0.4 is 10.2 Å². The van der Waals surface area contributed by atoms with Crippen LogP contribution in [0.5, 0.6) is 0 Å². The standard InChI is InChI=1S/C13H21N3/c1-11-5-3-4-8-16(11)13-7-6-12(9-14-2)10-15-13/h6-7,10-11,14H,3-5,8-9H2,1-2H3. The van der Waals surface area contributed by atoms with E-state index in [2.05, 4.69) is 34.3 Å². The molecule has 0 saturated carbocycles. The lowest BCUT2D eigenvalue weighted by molar-refractivity contribution is 0.481. The Morgan fingerprint density at radius 1 is 1.44 bits per heavy atom. The van der Waals surface area contributed by atoms with Crippen molar-refractivity contribution >= 4 is 5.82 Å². The molecule has 0 bridgehead atoms. The van der Waals surface area contributed by atoms with E-state index in [0.717, 1.165) is 18.9 Å². The van der Waals surface area contributed by atoms with Crippen LogP contribution in [-0.4, -0.2) is 24.6 Å². The van der Waals surface area contributed by atoms with Crippen molar-refractivity contribution in [1.29, 1.82) is 0 Å². The van der Waals surface area contributed by atoms with E-state index < -0.39 is 0 Å². The van der Waals surface area contributed by atoms with Crippen molar-refractivity contribution in [3.8, 4) is 0 Å². The highest BCUT2D eigenvalue weighted by Crippen LogP contribution is 2.22. The second kappa shape index (κ2) is 5.30. The van der Waals surface area contributed by atoms with Crippen LogP contribution in [0.2, 0.25) is 0 Å². The zero-order valence-electron chi connectivity index (χ0n) is 10.2. The minimum absolute atomic E-state index is 0.636. The Bertz CT molecular complexity index is 320. The monoisotopic (exact) mass is 219 g/mol. The van der Waals surface area contributed by atoms with Crippen LogP contribution in [0.15, 0.2) is 18.3 Å². The van der Waals surface area contributed by atoms with Gasteiger partial charge in [-0.2, -0.15) is 0 Å². The highest BCUT2D eigenvalue weighted by atomic mass is 15.2. The number of hydrogen-bond acceptors (Lipinski definition) is 3. The summed E-state index contributed by atoms with van der Waals surface area (Å²) in [5.74, 6) is 1.13. The molecule has 3 nitrogen and oxygen atoms in total. The second-order valence-electron chi connectivity index (χ2n) is 4.59. The molecule has 1 atom stereocenters. The largest absolute Gasteiger partial charge is 0.354 e. The van der Waals surface area contributed by atoms with Crippen molar-refractivity contribution in [3.63, 3.8) is 0 Å². The van der Waals surface area contributed by atoms with Crippen molar-refractivity contribution in [3.05, 3.63) is 23.9 Å². The van der Waals surface area contributed by atoms with Gasteiger partial charge in [0.05, 0.1) is 0 Å². The molecular formula is C13H21N3. The van der Waals surface area contributed by atoms with Gasteiger partial charge in [-0.15, -0.1) is 0 Å². The molecule has 0 spiro atoms. The van der Waals surface area contributed by atoms with E-state index in [-0.39, 0.29) is 0 Å². The summed E-state index contributed by atoms with van der Waals surface area (Å²) in [6.07, 6.45) is 5.92. The molecule has 1 N–H and O–H groups in total. The Morgan fingerprint density at radius 2 is 2.31 bits per heavy atom. The van der Waals surface area contributed by atoms with E-state index in [4.69, 9.17) is 0 Å². The van der Waals surface area contributed by atoms with Crippen LogP contribution in [0.1, 0.15) is 31.7 Å². The van der Waals surface area contributed by atoms with E-state index in [9.17, 15) is 0 Å². The van der Waals surface area contributed by atoms with Crippen LogP contribution in [0.3, 0.4) is 0 Å². The van der Waals surface area contributed by atoms with E-state index >= 15 is 0 Å². The molecule has 1 aromatic heterocycles. The first-order valence-corrected chi connectivity index (χ1v) is 6.17. The second-order valence-corrected chi connectivity index (χ2v) is 4.59. The third-order valence-corrected chi connectivity index (χ3v) is 3.29. The number of hydrogen-bond donors (Lipinski definition) is 1. The molecular weight excluding hydrogens is 198 g/mol. The number of nitrogens with one attached hydrogen (secondary N) is 1. The number of rotatable bonds is 3. The summed E-state index contributed by atoms with van der Waals surface area (Å²) in [6, 6.07) is 4.95. The summed E-state index contributed by atoms with van der Waals surface area (Å²) >= 11 is 0. The highest BCUT2D eigenvalue weighted by molar-refractivity contribution is 5.40. The molecule has 1 unspecified atom stereocenters. The Hall–Kier alpha value is -1.09. The summed E-state index contributed by atoms with van der Waals surface area (Å²) in [6.45, 7) is 4.34. The van der Waals surface area contributed by atoms with Gasteiger partial charge in [0.25, 0.3) is 0 Å². The van der Waals surface area contributed by atoms with Crippen LogP contribution in [0.4, 0.5) is 5.82 Å². The van der Waals surface area contributed by atoms with Crippen molar-refractivity contribution in [2.45, 2.75) is 38.8 Å². The van der Waals surface area contributed by atoms with Gasteiger partial charge in [0.15, 0.2) is 0 Å². The zero-order chi connectivity index (χ0) is 11.4. The first-order valence-electron chi connectivity index (χ1n) is 6.17. The van der Waals surface area contributed by atoms with E-state index in [0.29, 0.717) is 6.04 Å². The minimum atomic E-state index is 0.636. The summed E-state index contributed by atoms with van der Waals surface area (Å²) in [7, 11) is 1.96. The summed E-state index contributed by atoms with van der Waals surface area (Å²) in [4.78, 5) is 6.98. The Labute approximate surface area is 97.9 Å². The molecule has 88 valence electrons. The average molecular weight is 219 g/mol. The minimum Gasteiger partial charge on any atom is -0.354 e. The maximum atomic E-state index is 4.56. The van der Waals surface area contributed by atoms with E-state index in [1.807, 2.05) is 13.2 Å². The van der Waals surface area contributed by atoms with E-state index in [1.54, 1.807) is 0 Å². The molecule has 0 radical (unpaired) electrons. The SMILES string of the molecule is CNCc1ccc(N2CCCCC2C)nc1. The van der Waals surface area contributed by atoms with Crippen LogP contribution >= 0.6 is 0 Å². The van der Waals surface area contributed by atoms with Crippen molar-refractivity contribution in [2.75, 3.05) is 18.5 Å². The number of piperidine rings is 1. The van der Waals surface area contributed by atoms with Gasteiger partial charge in [-0.25, -0.2) is 4.98 Å². The quantitative estimate of drug-likeness (QED) is 0.844. The van der Waals surface area contributed by atoms with Gasteiger partial charge in [-0.3, -0.25) is 0 Å². The summed E-state index contributed by atoms with van der Waals surface area (Å²) in [5, 5.41) is 3.14. The van der Waals surface area contributed by atoms with Crippen molar-refractivity contribution < 1.29 is 0 Å². The van der Waals surface area contributed by atoms with Gasteiger partial charge in [-0.05, 0) is 44.9 Å². The van der Waals surface area contributed by atoms with Crippen LogP contribution in [-0.2, 0) is 6.54 Å². The summed E-state index contributed by atoms with van der Waals surface area (Å²) < 4.78 is 0. The first kappa shape index (κ1) is 11.4. The molecule has 2 heterocycles. The molecule has 1 aliphatic rings. The Balaban J connectivity index is 2.08. The lowest BCUT2D eigenvalue weighted by atomic mass is 10.0. The van der Waals surface area contributed by atoms with Crippen LogP contribution in [0.25, 0.3) is 0 Å². The maximum absolute atomic E-state index is 4.56. The van der Waals surface area contributed by atoms with Gasteiger partial charge >= 0.3 is 0 Å². The first-order chi connectivity index (χ1) is 7.81. The van der Waals surface area contributed by atoms with Crippen molar-refractivity contribution in [1.82, 2.24) is 10.3 Å². The Morgan fingerprint density at radius 3 is 2.94 bits per heavy atom. The molecule has 0 amide bonds.